The molecule has 112 valence electrons. The summed E-state index contributed by atoms with van der Waals surface area (Å²) in [5, 5.41) is 3.41. The van der Waals surface area contributed by atoms with Crippen molar-refractivity contribution >= 4 is 31.9 Å². The van der Waals surface area contributed by atoms with Crippen molar-refractivity contribution in [3.8, 4) is 5.75 Å². The maximum absolute atomic E-state index is 5.59. The second-order valence-electron chi connectivity index (χ2n) is 4.70. The zero-order chi connectivity index (χ0) is 15.2. The minimum Gasteiger partial charge on any atom is -0.492 e. The highest BCUT2D eigenvalue weighted by Gasteiger charge is 2.08. The maximum Gasteiger partial charge on any atom is 0.147 e. The molecule has 0 aliphatic carbocycles. The number of aryl methyl sites for hydroxylation is 1. The standard InChI is InChI=1S/C16H18Br2N2O/c1-3-21-16-14(17)7-12(8-15(16)18)9-19-10-13-6-4-5-11(2)20-13/h4-8,19H,3,9-10H2,1-2H3. The summed E-state index contributed by atoms with van der Waals surface area (Å²) in [6.07, 6.45) is 0. The minimum atomic E-state index is 0.647. The van der Waals surface area contributed by atoms with E-state index >= 15 is 0 Å². The molecule has 1 aromatic carbocycles. The van der Waals surface area contributed by atoms with Crippen LogP contribution in [0, 0.1) is 6.92 Å². The fourth-order valence-electron chi connectivity index (χ4n) is 2.03. The van der Waals surface area contributed by atoms with Gasteiger partial charge in [-0.05, 0) is 75.5 Å². The molecule has 0 saturated carbocycles. The van der Waals surface area contributed by atoms with Gasteiger partial charge in [0.05, 0.1) is 21.2 Å². The molecule has 0 aliphatic heterocycles. The van der Waals surface area contributed by atoms with Crippen LogP contribution in [0.25, 0.3) is 0 Å². The molecule has 1 N–H and O–H groups in total. The first-order valence-electron chi connectivity index (χ1n) is 6.84. The van der Waals surface area contributed by atoms with E-state index in [1.54, 1.807) is 0 Å². The number of hydrogen-bond donors (Lipinski definition) is 1. The first kappa shape index (κ1) is 16.5. The van der Waals surface area contributed by atoms with E-state index in [-0.39, 0.29) is 0 Å². The quantitative estimate of drug-likeness (QED) is 0.751. The Morgan fingerprint density at radius 2 is 1.86 bits per heavy atom. The Morgan fingerprint density at radius 3 is 2.48 bits per heavy atom. The second kappa shape index (κ2) is 7.92. The summed E-state index contributed by atoms with van der Waals surface area (Å²) < 4.78 is 7.51. The lowest BCUT2D eigenvalue weighted by molar-refractivity contribution is 0.336. The van der Waals surface area contributed by atoms with Crippen LogP contribution in [0.2, 0.25) is 0 Å². The molecule has 0 unspecified atom stereocenters. The van der Waals surface area contributed by atoms with Crippen LogP contribution in [-0.2, 0) is 13.1 Å². The third kappa shape index (κ3) is 4.80. The molecule has 21 heavy (non-hydrogen) atoms. The lowest BCUT2D eigenvalue weighted by Crippen LogP contribution is -2.14. The number of hydrogen-bond acceptors (Lipinski definition) is 3. The molecule has 0 atom stereocenters. The molecule has 2 aromatic rings. The van der Waals surface area contributed by atoms with Gasteiger partial charge in [0.15, 0.2) is 0 Å². The zero-order valence-electron chi connectivity index (χ0n) is 12.1. The van der Waals surface area contributed by atoms with E-state index in [0.29, 0.717) is 6.61 Å². The molecule has 0 saturated heterocycles. The number of benzene rings is 1. The second-order valence-corrected chi connectivity index (χ2v) is 6.40. The molecule has 0 spiro atoms. The van der Waals surface area contributed by atoms with Crippen LogP contribution in [-0.4, -0.2) is 11.6 Å². The molecule has 1 aromatic heterocycles. The highest BCUT2D eigenvalue weighted by Crippen LogP contribution is 2.34. The van der Waals surface area contributed by atoms with Crippen LogP contribution in [0.3, 0.4) is 0 Å². The van der Waals surface area contributed by atoms with Gasteiger partial charge in [-0.25, -0.2) is 0 Å². The average Bonchev–Trinajstić information content (AvgIpc) is 2.43. The van der Waals surface area contributed by atoms with Gasteiger partial charge in [-0.2, -0.15) is 0 Å². The van der Waals surface area contributed by atoms with Crippen molar-refractivity contribution in [3.63, 3.8) is 0 Å². The third-order valence-corrected chi connectivity index (χ3v) is 4.11. The highest BCUT2D eigenvalue weighted by molar-refractivity contribution is 9.11. The molecular formula is C16H18Br2N2O. The summed E-state index contributed by atoms with van der Waals surface area (Å²) in [4.78, 5) is 4.48. The van der Waals surface area contributed by atoms with E-state index < -0.39 is 0 Å². The molecule has 3 nitrogen and oxygen atoms in total. The predicted molar refractivity (Wildman–Crippen MR) is 92.5 cm³/mol. The molecule has 2 rings (SSSR count). The van der Waals surface area contributed by atoms with E-state index in [0.717, 1.165) is 39.2 Å². The summed E-state index contributed by atoms with van der Waals surface area (Å²) in [6, 6.07) is 10.2. The summed E-state index contributed by atoms with van der Waals surface area (Å²) in [6.45, 7) is 6.16. The number of nitrogens with one attached hydrogen (secondary N) is 1. The smallest absolute Gasteiger partial charge is 0.147 e. The van der Waals surface area contributed by atoms with Crippen LogP contribution >= 0.6 is 31.9 Å². The number of aromatic nitrogens is 1. The van der Waals surface area contributed by atoms with Crippen LogP contribution in [0.5, 0.6) is 5.75 Å². The van der Waals surface area contributed by atoms with Crippen molar-refractivity contribution < 1.29 is 4.74 Å². The SMILES string of the molecule is CCOc1c(Br)cc(CNCc2cccc(C)n2)cc1Br. The van der Waals surface area contributed by atoms with Gasteiger partial charge in [-0.3, -0.25) is 4.98 Å². The fraction of sp³-hybridized carbons (Fsp3) is 0.312. The molecule has 0 radical (unpaired) electrons. The average molecular weight is 414 g/mol. The van der Waals surface area contributed by atoms with Gasteiger partial charge in [0, 0.05) is 18.8 Å². The Bertz CT molecular complexity index is 594. The van der Waals surface area contributed by atoms with E-state index in [1.165, 1.54) is 5.56 Å². The Morgan fingerprint density at radius 1 is 1.14 bits per heavy atom. The molecule has 5 heteroatoms. The predicted octanol–water partition coefficient (Wildman–Crippen LogP) is 4.60. The van der Waals surface area contributed by atoms with Crippen LogP contribution in [0.4, 0.5) is 0 Å². The first-order valence-corrected chi connectivity index (χ1v) is 8.42. The monoisotopic (exact) mass is 412 g/mol. The minimum absolute atomic E-state index is 0.647. The lowest BCUT2D eigenvalue weighted by atomic mass is 10.2. The van der Waals surface area contributed by atoms with Crippen molar-refractivity contribution in [3.05, 3.63) is 56.2 Å². The summed E-state index contributed by atoms with van der Waals surface area (Å²) in [5.41, 5.74) is 3.28. The summed E-state index contributed by atoms with van der Waals surface area (Å²) >= 11 is 7.10. The third-order valence-electron chi connectivity index (χ3n) is 2.93. The number of rotatable bonds is 6. The van der Waals surface area contributed by atoms with Crippen molar-refractivity contribution in [2.75, 3.05) is 6.61 Å². The van der Waals surface area contributed by atoms with E-state index in [2.05, 4.69) is 54.3 Å². The van der Waals surface area contributed by atoms with Gasteiger partial charge in [0.2, 0.25) is 0 Å². The Kier molecular flexibility index (Phi) is 6.21. The van der Waals surface area contributed by atoms with E-state index in [4.69, 9.17) is 4.74 Å². The van der Waals surface area contributed by atoms with E-state index in [9.17, 15) is 0 Å². The van der Waals surface area contributed by atoms with Crippen molar-refractivity contribution in [1.82, 2.24) is 10.3 Å². The Balaban J connectivity index is 1.97. The topological polar surface area (TPSA) is 34.1 Å². The molecule has 0 amide bonds. The molecule has 1 heterocycles. The summed E-state index contributed by atoms with van der Waals surface area (Å²) in [5.74, 6) is 0.849. The zero-order valence-corrected chi connectivity index (χ0v) is 15.3. The van der Waals surface area contributed by atoms with Gasteiger partial charge in [0.1, 0.15) is 5.75 Å². The molecular weight excluding hydrogens is 396 g/mol. The Labute approximate surface area is 142 Å². The van der Waals surface area contributed by atoms with Gasteiger partial charge in [0.25, 0.3) is 0 Å². The molecule has 0 bridgehead atoms. The van der Waals surface area contributed by atoms with Gasteiger partial charge in [-0.15, -0.1) is 0 Å². The number of nitrogens with zero attached hydrogens (tertiary/aromatic N) is 1. The Hall–Kier alpha value is -0.910. The number of pyridine rings is 1. The highest BCUT2D eigenvalue weighted by atomic mass is 79.9. The van der Waals surface area contributed by atoms with Crippen molar-refractivity contribution in [1.29, 1.82) is 0 Å². The number of ether oxygens (including phenoxy) is 1. The van der Waals surface area contributed by atoms with Gasteiger partial charge < -0.3 is 10.1 Å². The largest absolute Gasteiger partial charge is 0.492 e. The molecule has 0 aliphatic rings. The van der Waals surface area contributed by atoms with Crippen LogP contribution < -0.4 is 10.1 Å². The number of halogens is 2. The maximum atomic E-state index is 5.59. The fourth-order valence-corrected chi connectivity index (χ4v) is 3.54. The van der Waals surface area contributed by atoms with Gasteiger partial charge in [-0.1, -0.05) is 6.07 Å². The van der Waals surface area contributed by atoms with Crippen LogP contribution in [0.1, 0.15) is 23.9 Å². The normalized spacial score (nSPS) is 10.7. The van der Waals surface area contributed by atoms with Crippen molar-refractivity contribution in [2.24, 2.45) is 0 Å². The van der Waals surface area contributed by atoms with Crippen molar-refractivity contribution in [2.45, 2.75) is 26.9 Å². The lowest BCUT2D eigenvalue weighted by Gasteiger charge is -2.11. The first-order chi connectivity index (χ1) is 10.1. The molecule has 0 fully saturated rings. The van der Waals surface area contributed by atoms with Crippen LogP contribution in [0.15, 0.2) is 39.3 Å². The van der Waals surface area contributed by atoms with E-state index in [1.807, 2.05) is 32.0 Å². The van der Waals surface area contributed by atoms with Gasteiger partial charge >= 0.3 is 0 Å². The summed E-state index contributed by atoms with van der Waals surface area (Å²) in [7, 11) is 0.